The van der Waals surface area contributed by atoms with Crippen molar-refractivity contribution in [3.63, 3.8) is 0 Å². The minimum Gasteiger partial charge on any atom is -0.487 e. The van der Waals surface area contributed by atoms with Crippen molar-refractivity contribution in [2.24, 2.45) is 11.8 Å². The third-order valence-electron chi connectivity index (χ3n) is 18.3. The van der Waals surface area contributed by atoms with Crippen LogP contribution < -0.4 is 47.3 Å². The summed E-state index contributed by atoms with van der Waals surface area (Å²) < 4.78 is 9.17. The van der Waals surface area contributed by atoms with Gasteiger partial charge in [0.1, 0.15) is 66.0 Å². The van der Waals surface area contributed by atoms with Crippen LogP contribution in [0.2, 0.25) is 0 Å². The molecule has 0 spiro atoms. The van der Waals surface area contributed by atoms with E-state index in [2.05, 4.69) is 63.2 Å². The lowest BCUT2D eigenvalue weighted by molar-refractivity contribution is -0.144. The van der Waals surface area contributed by atoms with E-state index in [9.17, 15) is 33.9 Å². The Bertz CT molecular complexity index is 4000. The Labute approximate surface area is 555 Å². The van der Waals surface area contributed by atoms with Gasteiger partial charge < -0.3 is 62.2 Å². The standard InChI is InChI=1S/C69H84N16O11/c1-38(2)59(76-61(86)40(5)70-7)67(92)82-35-51-30-58(82)66(91)74-55(29-44-18-22-46-14-10-12-16-48(46)26-44)64(89)75-56(69(94)95)27-42-19-23-53(24-20-42)96-37-50-34-85(81-79-50)52-31-57(83(36-52)68(93)60(39(3)4)77-62(87)41(6)71-8)65(90)73-54(63(88)72-32-49-33-84(51)80-78-49)28-43-17-21-45-13-9-11-15-47(45)25-43/h9-26,33-34,38-41,51-52,54-60,70-71H,27-32,35-37H2,1-8H3,(H,72,88)(H,73,90)(H,74,91)(H,75,89)(H,76,86)(H,77,87)(H,94,95)/t40-,41-,51-,52?,54-,55-,56-,57-,58-,59-,60-/m0/s1. The summed E-state index contributed by atoms with van der Waals surface area (Å²) in [4.78, 5) is 133. The molecule has 0 radical (unpaired) electrons. The molecule has 27 nitrogen and oxygen atoms in total. The van der Waals surface area contributed by atoms with Crippen molar-refractivity contribution in [3.8, 4) is 5.75 Å². The van der Waals surface area contributed by atoms with Crippen LogP contribution in [0.15, 0.2) is 122 Å². The van der Waals surface area contributed by atoms with Gasteiger partial charge in [0, 0.05) is 45.2 Å². The molecule has 2 fully saturated rings. The van der Waals surface area contributed by atoms with Gasteiger partial charge in [-0.2, -0.15) is 0 Å². The quantitative estimate of drug-likeness (QED) is 0.0712. The summed E-state index contributed by atoms with van der Waals surface area (Å²) >= 11 is 0. The molecule has 6 heterocycles. The second kappa shape index (κ2) is 30.5. The molecule has 2 saturated heterocycles. The molecular formula is C69H84N16O11. The van der Waals surface area contributed by atoms with Crippen molar-refractivity contribution in [1.82, 2.24) is 82.3 Å². The van der Waals surface area contributed by atoms with Gasteiger partial charge in [-0.05, 0) is 90.1 Å². The van der Waals surface area contributed by atoms with Crippen LogP contribution in [-0.4, -0.2) is 180 Å². The number of rotatable bonds is 15. The van der Waals surface area contributed by atoms with E-state index >= 15 is 14.4 Å². The first-order valence-corrected chi connectivity index (χ1v) is 32.5. The van der Waals surface area contributed by atoms with Gasteiger partial charge in [0.15, 0.2) is 0 Å². The molecule has 96 heavy (non-hydrogen) atoms. The minimum absolute atomic E-state index is 0.0208. The fourth-order valence-electron chi connectivity index (χ4n) is 12.4. The highest BCUT2D eigenvalue weighted by Crippen LogP contribution is 2.32. The van der Waals surface area contributed by atoms with E-state index in [-0.39, 0.29) is 64.0 Å². The molecule has 4 aliphatic heterocycles. The number of aliphatic carboxylic acids is 1. The van der Waals surface area contributed by atoms with Crippen molar-refractivity contribution in [2.45, 2.75) is 153 Å². The number of likely N-dealkylation sites (tertiary alicyclic amines) is 2. The summed E-state index contributed by atoms with van der Waals surface area (Å²) in [6.07, 6.45) is 2.99. The second-order valence-corrected chi connectivity index (χ2v) is 25.8. The molecule has 11 atom stereocenters. The number of benzene rings is 5. The number of ether oxygens (including phenoxy) is 1. The SMILES string of the molecule is CN[C@@H](C)C(=O)N[C@H](C(=O)N1CC2C[C@H]1C(=O)N[C@@H](Cc1ccc3ccccc3c1)C(=O)NCc1cn(nn1)[C@H]1C[C@@H](C(=O)N[C@@H](Cc3ccc4ccccc4c3)C(=O)N[C@H](C(=O)O)Cc3ccc(cc3)OCc3cn2nn3)N(C(=O)[C@@H](NC(=O)[C@H](C)NC)C(C)C)C1)C(C)C. The number of carboxylic acid groups (broad SMARTS) is 1. The molecule has 9 N–H and O–H groups in total. The van der Waals surface area contributed by atoms with Gasteiger partial charge in [-0.25, -0.2) is 14.2 Å². The van der Waals surface area contributed by atoms with Crippen LogP contribution in [0.25, 0.3) is 21.5 Å². The number of amides is 8. The van der Waals surface area contributed by atoms with Crippen LogP contribution in [-0.2, 0) is 75.6 Å². The number of hydrogen-bond acceptors (Lipinski definition) is 16. The number of nitrogens with zero attached hydrogens (tertiary/aromatic N) is 8. The van der Waals surface area contributed by atoms with Gasteiger partial charge >= 0.3 is 5.97 Å². The Balaban J connectivity index is 1.00. The highest BCUT2D eigenvalue weighted by molar-refractivity contribution is 5.98. The van der Waals surface area contributed by atoms with Crippen LogP contribution in [0.1, 0.15) is 94.5 Å². The lowest BCUT2D eigenvalue weighted by Gasteiger charge is -2.32. The Morgan fingerprint density at radius 3 is 1.50 bits per heavy atom. The molecular weight excluding hydrogens is 1230 g/mol. The zero-order valence-corrected chi connectivity index (χ0v) is 55.0. The van der Waals surface area contributed by atoms with Gasteiger partial charge in [-0.1, -0.05) is 135 Å². The van der Waals surface area contributed by atoms with E-state index in [0.717, 1.165) is 27.1 Å². The third kappa shape index (κ3) is 16.3. The first-order chi connectivity index (χ1) is 46.0. The van der Waals surface area contributed by atoms with E-state index < -0.39 is 132 Å². The number of fused-ring (bicyclic) bond motifs is 16. The maximum absolute atomic E-state index is 15.2. The summed E-state index contributed by atoms with van der Waals surface area (Å²) in [5.41, 5.74) is 2.57. The van der Waals surface area contributed by atoms with Crippen molar-refractivity contribution in [3.05, 3.63) is 150 Å². The predicted octanol–water partition coefficient (Wildman–Crippen LogP) is 2.43. The maximum Gasteiger partial charge on any atom is 0.326 e. The zero-order valence-electron chi connectivity index (χ0n) is 55.0. The molecule has 1 unspecified atom stereocenters. The van der Waals surface area contributed by atoms with Crippen molar-refractivity contribution in [1.29, 1.82) is 0 Å². The van der Waals surface area contributed by atoms with Crippen LogP contribution in [0, 0.1) is 11.8 Å². The Morgan fingerprint density at radius 2 is 1.03 bits per heavy atom. The normalized spacial score (nSPS) is 21.8. The Hall–Kier alpha value is -10.1. The molecule has 11 rings (SSSR count). The molecule has 5 aromatic carbocycles. The molecule has 10 bridgehead atoms. The van der Waals surface area contributed by atoms with Crippen LogP contribution in [0.5, 0.6) is 5.75 Å². The van der Waals surface area contributed by atoms with E-state index in [1.165, 1.54) is 14.5 Å². The first kappa shape index (κ1) is 68.7. The molecule has 8 amide bonds. The van der Waals surface area contributed by atoms with Gasteiger partial charge in [0.2, 0.25) is 47.3 Å². The summed E-state index contributed by atoms with van der Waals surface area (Å²) in [7, 11) is 3.24. The summed E-state index contributed by atoms with van der Waals surface area (Å²) in [6.45, 7) is 10.0. The van der Waals surface area contributed by atoms with Crippen molar-refractivity contribution < 1.29 is 53.0 Å². The third-order valence-corrected chi connectivity index (χ3v) is 18.3. The smallest absolute Gasteiger partial charge is 0.326 e. The molecule has 4 aliphatic rings. The Morgan fingerprint density at radius 1 is 0.573 bits per heavy atom. The topological polar surface area (TPSA) is 347 Å². The van der Waals surface area contributed by atoms with Crippen LogP contribution >= 0.6 is 0 Å². The summed E-state index contributed by atoms with van der Waals surface area (Å²) in [6, 6.07) is 22.0. The molecule has 506 valence electrons. The average Bonchev–Trinajstić information content (AvgIpc) is 1.65. The molecule has 27 heteroatoms. The molecule has 0 aliphatic carbocycles. The lowest BCUT2D eigenvalue weighted by atomic mass is 9.99. The summed E-state index contributed by atoms with van der Waals surface area (Å²) in [5.74, 6) is -6.55. The number of nitrogens with one attached hydrogen (secondary N) is 8. The lowest BCUT2D eigenvalue weighted by Crippen LogP contribution is -2.59. The first-order valence-electron chi connectivity index (χ1n) is 32.5. The number of aromatic nitrogens is 6. The van der Waals surface area contributed by atoms with Crippen LogP contribution in [0.4, 0.5) is 0 Å². The van der Waals surface area contributed by atoms with E-state index in [4.69, 9.17) is 4.74 Å². The van der Waals surface area contributed by atoms with Gasteiger partial charge in [-0.15, -0.1) is 10.2 Å². The minimum atomic E-state index is -1.48. The highest BCUT2D eigenvalue weighted by atomic mass is 16.5. The fourth-order valence-corrected chi connectivity index (χ4v) is 12.4. The monoisotopic (exact) mass is 1310 g/mol. The maximum atomic E-state index is 15.2. The van der Waals surface area contributed by atoms with E-state index in [1.54, 1.807) is 97.0 Å². The number of carbonyl (C=O) groups is 9. The van der Waals surface area contributed by atoms with Crippen LogP contribution in [0.3, 0.4) is 0 Å². The van der Waals surface area contributed by atoms with Crippen molar-refractivity contribution >= 4 is 74.8 Å². The molecule has 2 aromatic heterocycles. The molecule has 0 saturated carbocycles. The number of hydrogen-bond donors (Lipinski definition) is 9. The van der Waals surface area contributed by atoms with Gasteiger partial charge in [0.25, 0.3) is 0 Å². The fraction of sp³-hybridized carbons (Fsp3) is 0.435. The number of likely N-dealkylation sites (N-methyl/N-ethyl adjacent to an activating group) is 2. The number of carboxylic acids is 1. The molecule has 7 aromatic rings. The van der Waals surface area contributed by atoms with E-state index in [0.29, 0.717) is 22.6 Å². The Kier molecular flexibility index (Phi) is 21.8. The average molecular weight is 1310 g/mol. The zero-order chi connectivity index (χ0) is 68.5. The summed E-state index contributed by atoms with van der Waals surface area (Å²) in [5, 5.41) is 55.0. The largest absolute Gasteiger partial charge is 0.487 e. The van der Waals surface area contributed by atoms with Gasteiger partial charge in [0.05, 0.1) is 43.1 Å². The predicted molar refractivity (Wildman–Crippen MR) is 354 cm³/mol. The van der Waals surface area contributed by atoms with Gasteiger partial charge in [-0.3, -0.25) is 38.4 Å². The second-order valence-electron chi connectivity index (χ2n) is 25.8. The number of carbonyl (C=O) groups excluding carboxylic acids is 8. The van der Waals surface area contributed by atoms with Crippen molar-refractivity contribution in [2.75, 3.05) is 27.2 Å². The highest BCUT2D eigenvalue weighted by Gasteiger charge is 2.47. The van der Waals surface area contributed by atoms with E-state index in [1.807, 2.05) is 84.9 Å².